The zero-order valence-electron chi connectivity index (χ0n) is 17.1. The number of likely N-dealkylation sites (tertiary alicyclic amines) is 1. The van der Waals surface area contributed by atoms with E-state index < -0.39 is 0 Å². The topological polar surface area (TPSA) is 81.1 Å². The lowest BCUT2D eigenvalue weighted by atomic mass is 10.1. The van der Waals surface area contributed by atoms with Gasteiger partial charge >= 0.3 is 0 Å². The maximum absolute atomic E-state index is 12.7. The summed E-state index contributed by atoms with van der Waals surface area (Å²) in [5, 5.41) is 15.0. The van der Waals surface area contributed by atoms with Crippen molar-refractivity contribution in [3.8, 4) is 0 Å². The summed E-state index contributed by atoms with van der Waals surface area (Å²) in [7, 11) is 0. The quantitative estimate of drug-likeness (QED) is 0.376. The summed E-state index contributed by atoms with van der Waals surface area (Å²) in [5.41, 5.74) is 3.28. The fourth-order valence-electron chi connectivity index (χ4n) is 3.57. The predicted octanol–water partition coefficient (Wildman–Crippen LogP) is 5.02. The van der Waals surface area contributed by atoms with E-state index in [1.807, 2.05) is 42.5 Å². The van der Waals surface area contributed by atoms with Gasteiger partial charge in [0, 0.05) is 37.1 Å². The number of aromatic nitrogens is 1. The van der Waals surface area contributed by atoms with E-state index in [0.29, 0.717) is 28.8 Å². The van der Waals surface area contributed by atoms with Crippen molar-refractivity contribution in [2.45, 2.75) is 19.4 Å². The lowest BCUT2D eigenvalue weighted by molar-refractivity contribution is 0.102. The molecule has 2 heterocycles. The number of carbonyl (C=O) groups is 1. The molecule has 0 aliphatic carbocycles. The minimum absolute atomic E-state index is 0.243. The SMILES string of the molecule is N=C(c1ccc(CNc2ccccc2C(=O)Nc2ccc(Cl)cn2)cc1)N1CCCC1. The van der Waals surface area contributed by atoms with Crippen LogP contribution in [0.1, 0.15) is 34.3 Å². The summed E-state index contributed by atoms with van der Waals surface area (Å²) in [6, 6.07) is 18.7. The smallest absolute Gasteiger partial charge is 0.258 e. The molecule has 6 nitrogen and oxygen atoms in total. The molecule has 4 rings (SSSR count). The maximum atomic E-state index is 12.7. The van der Waals surface area contributed by atoms with E-state index in [1.165, 1.54) is 6.20 Å². The van der Waals surface area contributed by atoms with Gasteiger partial charge in [0.25, 0.3) is 5.91 Å². The first-order valence-corrected chi connectivity index (χ1v) is 10.7. The van der Waals surface area contributed by atoms with Crippen LogP contribution in [0.3, 0.4) is 0 Å². The summed E-state index contributed by atoms with van der Waals surface area (Å²) in [6.07, 6.45) is 3.81. The van der Waals surface area contributed by atoms with E-state index in [0.717, 1.165) is 42.7 Å². The second-order valence-electron chi connectivity index (χ2n) is 7.45. The molecule has 0 bridgehead atoms. The molecule has 0 unspecified atom stereocenters. The van der Waals surface area contributed by atoms with Crippen LogP contribution in [0.5, 0.6) is 0 Å². The first kappa shape index (κ1) is 20.9. The van der Waals surface area contributed by atoms with Crippen molar-refractivity contribution in [3.05, 3.63) is 88.6 Å². The van der Waals surface area contributed by atoms with Crippen molar-refractivity contribution >= 4 is 34.8 Å². The fraction of sp³-hybridized carbons (Fsp3) is 0.208. The Morgan fingerprint density at radius 2 is 1.77 bits per heavy atom. The molecule has 1 aliphatic rings. The number of pyridine rings is 1. The zero-order chi connectivity index (χ0) is 21.6. The predicted molar refractivity (Wildman–Crippen MR) is 125 cm³/mol. The molecule has 31 heavy (non-hydrogen) atoms. The standard InChI is InChI=1S/C24H24ClN5O/c25-19-11-12-22(28-16-19)29-24(31)20-5-1-2-6-21(20)27-15-17-7-9-18(10-8-17)23(26)30-13-3-4-14-30/h1-2,5-12,16,26-27H,3-4,13-15H2,(H,28,29,31). The molecule has 0 atom stereocenters. The van der Waals surface area contributed by atoms with E-state index in [4.69, 9.17) is 17.0 Å². The van der Waals surface area contributed by atoms with E-state index >= 15 is 0 Å². The maximum Gasteiger partial charge on any atom is 0.258 e. The third-order valence-corrected chi connectivity index (χ3v) is 5.50. The molecule has 0 radical (unpaired) electrons. The highest BCUT2D eigenvalue weighted by Gasteiger charge is 2.16. The second kappa shape index (κ2) is 9.62. The van der Waals surface area contributed by atoms with Crippen molar-refractivity contribution < 1.29 is 4.79 Å². The van der Waals surface area contributed by atoms with Crippen LogP contribution in [0, 0.1) is 5.41 Å². The van der Waals surface area contributed by atoms with Crippen LogP contribution in [0.2, 0.25) is 5.02 Å². The van der Waals surface area contributed by atoms with Gasteiger partial charge in [0.1, 0.15) is 11.7 Å². The van der Waals surface area contributed by atoms with Crippen LogP contribution in [0.4, 0.5) is 11.5 Å². The second-order valence-corrected chi connectivity index (χ2v) is 7.89. The Labute approximate surface area is 186 Å². The number of benzene rings is 2. The first-order valence-electron chi connectivity index (χ1n) is 10.3. The Morgan fingerprint density at radius 3 is 2.48 bits per heavy atom. The number of rotatable bonds is 6. The number of halogens is 1. The summed E-state index contributed by atoms with van der Waals surface area (Å²) >= 11 is 5.85. The molecule has 7 heteroatoms. The minimum Gasteiger partial charge on any atom is -0.380 e. The summed E-state index contributed by atoms with van der Waals surface area (Å²) in [6.45, 7) is 2.50. The molecule has 1 saturated heterocycles. The molecule has 158 valence electrons. The number of anilines is 2. The van der Waals surface area contributed by atoms with Crippen LogP contribution >= 0.6 is 11.6 Å². The highest BCUT2D eigenvalue weighted by Crippen LogP contribution is 2.19. The van der Waals surface area contributed by atoms with Gasteiger partial charge in [-0.25, -0.2) is 4.98 Å². The number of nitrogens with zero attached hydrogens (tertiary/aromatic N) is 2. The Morgan fingerprint density at radius 1 is 1.03 bits per heavy atom. The van der Waals surface area contributed by atoms with Crippen molar-refractivity contribution in [3.63, 3.8) is 0 Å². The summed E-state index contributed by atoms with van der Waals surface area (Å²) in [5.74, 6) is 0.794. The van der Waals surface area contributed by atoms with Gasteiger partial charge < -0.3 is 15.5 Å². The molecular weight excluding hydrogens is 410 g/mol. The van der Waals surface area contributed by atoms with Gasteiger partial charge in [-0.1, -0.05) is 48.0 Å². The van der Waals surface area contributed by atoms with E-state index in [-0.39, 0.29) is 5.91 Å². The fourth-order valence-corrected chi connectivity index (χ4v) is 3.68. The molecule has 3 N–H and O–H groups in total. The third-order valence-electron chi connectivity index (χ3n) is 5.27. The number of carbonyl (C=O) groups excluding carboxylic acids is 1. The number of hydrogen-bond acceptors (Lipinski definition) is 4. The summed E-state index contributed by atoms with van der Waals surface area (Å²) in [4.78, 5) is 19.0. The van der Waals surface area contributed by atoms with Crippen LogP contribution in [0.15, 0.2) is 66.9 Å². The minimum atomic E-state index is -0.243. The van der Waals surface area contributed by atoms with Crippen molar-refractivity contribution in [2.24, 2.45) is 0 Å². The lowest BCUT2D eigenvalue weighted by Crippen LogP contribution is -2.27. The number of para-hydroxylation sites is 1. The monoisotopic (exact) mass is 433 g/mol. The van der Waals surface area contributed by atoms with Gasteiger partial charge in [-0.05, 0) is 42.7 Å². The molecule has 0 saturated carbocycles. The van der Waals surface area contributed by atoms with Gasteiger partial charge in [0.2, 0.25) is 0 Å². The van der Waals surface area contributed by atoms with Gasteiger partial charge in [0.15, 0.2) is 0 Å². The molecule has 1 fully saturated rings. The van der Waals surface area contributed by atoms with Crippen LogP contribution < -0.4 is 10.6 Å². The van der Waals surface area contributed by atoms with Crippen LogP contribution in [-0.2, 0) is 6.54 Å². The van der Waals surface area contributed by atoms with Gasteiger partial charge in [-0.3, -0.25) is 10.2 Å². The Hall–Kier alpha value is -3.38. The zero-order valence-corrected chi connectivity index (χ0v) is 17.8. The van der Waals surface area contributed by atoms with Crippen LogP contribution in [-0.4, -0.2) is 34.7 Å². The Balaban J connectivity index is 1.40. The van der Waals surface area contributed by atoms with Crippen molar-refractivity contribution in [1.29, 1.82) is 5.41 Å². The number of amidine groups is 1. The molecule has 2 aromatic carbocycles. The van der Waals surface area contributed by atoms with Gasteiger partial charge in [-0.15, -0.1) is 0 Å². The lowest BCUT2D eigenvalue weighted by Gasteiger charge is -2.18. The molecule has 1 aromatic heterocycles. The Bertz CT molecular complexity index is 1060. The number of nitrogens with one attached hydrogen (secondary N) is 3. The average molecular weight is 434 g/mol. The van der Waals surface area contributed by atoms with E-state index in [9.17, 15) is 4.79 Å². The molecule has 1 amide bonds. The molecular formula is C24H24ClN5O. The van der Waals surface area contributed by atoms with Crippen LogP contribution in [0.25, 0.3) is 0 Å². The average Bonchev–Trinajstić information content (AvgIpc) is 3.34. The Kier molecular flexibility index (Phi) is 6.48. The van der Waals surface area contributed by atoms with Gasteiger partial charge in [-0.2, -0.15) is 0 Å². The number of hydrogen-bond donors (Lipinski definition) is 3. The molecule has 1 aliphatic heterocycles. The van der Waals surface area contributed by atoms with Crippen molar-refractivity contribution in [2.75, 3.05) is 23.7 Å². The van der Waals surface area contributed by atoms with E-state index in [2.05, 4.69) is 20.5 Å². The van der Waals surface area contributed by atoms with E-state index in [1.54, 1.807) is 18.2 Å². The first-order chi connectivity index (χ1) is 15.1. The van der Waals surface area contributed by atoms with Gasteiger partial charge in [0.05, 0.1) is 10.6 Å². The number of amides is 1. The largest absolute Gasteiger partial charge is 0.380 e. The van der Waals surface area contributed by atoms with Crippen molar-refractivity contribution in [1.82, 2.24) is 9.88 Å². The normalized spacial score (nSPS) is 13.1. The summed E-state index contributed by atoms with van der Waals surface area (Å²) < 4.78 is 0. The highest BCUT2D eigenvalue weighted by atomic mass is 35.5. The molecule has 0 spiro atoms. The third kappa shape index (κ3) is 5.22. The highest BCUT2D eigenvalue weighted by molar-refractivity contribution is 6.30. The molecule has 3 aromatic rings.